The molecule has 1 N–H and O–H groups in total. The SMILES string of the molecule is CCC(C(=O)Nc1ccc(Cl)cc1Cl)n1cnc2sc3c(c2c1=O)CCCC3. The molecule has 1 aliphatic rings. The fourth-order valence-corrected chi connectivity index (χ4v) is 5.37. The number of nitrogens with zero attached hydrogens (tertiary/aromatic N) is 2. The molecule has 0 bridgehead atoms. The molecule has 0 saturated heterocycles. The van der Waals surface area contributed by atoms with Crippen molar-refractivity contribution in [2.24, 2.45) is 0 Å². The van der Waals surface area contributed by atoms with Crippen LogP contribution in [0.4, 0.5) is 5.69 Å². The summed E-state index contributed by atoms with van der Waals surface area (Å²) >= 11 is 13.7. The Morgan fingerprint density at radius 1 is 1.32 bits per heavy atom. The second-order valence-corrected chi connectivity index (χ2v) is 8.81. The molecule has 5 nitrogen and oxygen atoms in total. The molecule has 4 rings (SSSR count). The molecule has 1 atom stereocenters. The number of benzene rings is 1. The molecule has 2 heterocycles. The van der Waals surface area contributed by atoms with Gasteiger partial charge in [0.1, 0.15) is 10.9 Å². The van der Waals surface area contributed by atoms with E-state index in [1.165, 1.54) is 15.8 Å². The molecular formula is C20H19Cl2N3O2S. The minimum Gasteiger partial charge on any atom is -0.323 e. The molecule has 0 radical (unpaired) electrons. The minimum absolute atomic E-state index is 0.145. The average Bonchev–Trinajstić information content (AvgIpc) is 3.06. The van der Waals surface area contributed by atoms with Gasteiger partial charge in [0.15, 0.2) is 0 Å². The maximum absolute atomic E-state index is 13.2. The number of fused-ring (bicyclic) bond motifs is 3. The minimum atomic E-state index is -0.671. The van der Waals surface area contributed by atoms with Crippen LogP contribution in [0.2, 0.25) is 10.0 Å². The number of anilines is 1. The molecule has 2 aromatic heterocycles. The summed E-state index contributed by atoms with van der Waals surface area (Å²) in [4.78, 5) is 32.7. The lowest BCUT2D eigenvalue weighted by Crippen LogP contribution is -2.33. The van der Waals surface area contributed by atoms with Crippen LogP contribution in [0, 0.1) is 0 Å². The van der Waals surface area contributed by atoms with E-state index < -0.39 is 6.04 Å². The van der Waals surface area contributed by atoms with Crippen molar-refractivity contribution in [2.45, 2.75) is 45.1 Å². The molecule has 8 heteroatoms. The third-order valence-electron chi connectivity index (χ3n) is 5.11. The van der Waals surface area contributed by atoms with Crippen molar-refractivity contribution in [1.82, 2.24) is 9.55 Å². The summed E-state index contributed by atoms with van der Waals surface area (Å²) < 4.78 is 1.45. The summed E-state index contributed by atoms with van der Waals surface area (Å²) in [5, 5.41) is 4.32. The van der Waals surface area contributed by atoms with Gasteiger partial charge in [0.05, 0.1) is 22.4 Å². The van der Waals surface area contributed by atoms with Gasteiger partial charge in [-0.2, -0.15) is 0 Å². The van der Waals surface area contributed by atoms with Crippen molar-refractivity contribution >= 4 is 56.3 Å². The van der Waals surface area contributed by atoms with E-state index in [1.54, 1.807) is 29.5 Å². The van der Waals surface area contributed by atoms with Gasteiger partial charge in [-0.15, -0.1) is 11.3 Å². The molecule has 1 unspecified atom stereocenters. The molecule has 28 heavy (non-hydrogen) atoms. The van der Waals surface area contributed by atoms with Crippen LogP contribution in [-0.4, -0.2) is 15.5 Å². The van der Waals surface area contributed by atoms with Crippen LogP contribution >= 0.6 is 34.5 Å². The lowest BCUT2D eigenvalue weighted by Gasteiger charge is -2.18. The quantitative estimate of drug-likeness (QED) is 0.609. The first-order chi connectivity index (χ1) is 13.5. The van der Waals surface area contributed by atoms with E-state index in [0.717, 1.165) is 36.1 Å². The van der Waals surface area contributed by atoms with Crippen molar-refractivity contribution < 1.29 is 4.79 Å². The smallest absolute Gasteiger partial charge is 0.263 e. The fraction of sp³-hybridized carbons (Fsp3) is 0.350. The molecule has 1 amide bonds. The van der Waals surface area contributed by atoms with Crippen molar-refractivity contribution in [3.05, 3.63) is 55.4 Å². The van der Waals surface area contributed by atoms with Gasteiger partial charge < -0.3 is 5.32 Å². The first kappa shape index (κ1) is 19.4. The van der Waals surface area contributed by atoms with E-state index in [1.807, 2.05) is 6.92 Å². The van der Waals surface area contributed by atoms with Crippen LogP contribution in [0.3, 0.4) is 0 Å². The van der Waals surface area contributed by atoms with Crippen LogP contribution < -0.4 is 10.9 Å². The molecule has 146 valence electrons. The second-order valence-electron chi connectivity index (χ2n) is 6.89. The van der Waals surface area contributed by atoms with Gasteiger partial charge in [-0.1, -0.05) is 30.1 Å². The molecule has 0 spiro atoms. The number of amides is 1. The number of rotatable bonds is 4. The van der Waals surface area contributed by atoms with E-state index >= 15 is 0 Å². The van der Waals surface area contributed by atoms with Crippen LogP contribution in [0.15, 0.2) is 29.3 Å². The van der Waals surface area contributed by atoms with E-state index in [9.17, 15) is 9.59 Å². The highest BCUT2D eigenvalue weighted by Crippen LogP contribution is 2.34. The van der Waals surface area contributed by atoms with Gasteiger partial charge in [-0.25, -0.2) is 4.98 Å². The molecule has 1 aromatic carbocycles. The Kier molecular flexibility index (Phi) is 5.45. The number of nitrogens with one attached hydrogen (secondary N) is 1. The van der Waals surface area contributed by atoms with Crippen LogP contribution in [0.5, 0.6) is 0 Å². The van der Waals surface area contributed by atoms with E-state index in [-0.39, 0.29) is 11.5 Å². The number of carbonyl (C=O) groups is 1. The monoisotopic (exact) mass is 435 g/mol. The topological polar surface area (TPSA) is 64.0 Å². The molecule has 0 saturated carbocycles. The summed E-state index contributed by atoms with van der Waals surface area (Å²) in [6, 6.07) is 4.20. The maximum atomic E-state index is 13.2. The Morgan fingerprint density at radius 3 is 2.86 bits per heavy atom. The summed E-state index contributed by atoms with van der Waals surface area (Å²) in [6.45, 7) is 1.87. The highest BCUT2D eigenvalue weighted by molar-refractivity contribution is 7.18. The molecule has 1 aliphatic carbocycles. The Bertz CT molecular complexity index is 1120. The molecule has 0 aliphatic heterocycles. The van der Waals surface area contributed by atoms with Gasteiger partial charge in [0.25, 0.3) is 5.56 Å². The highest BCUT2D eigenvalue weighted by atomic mass is 35.5. The first-order valence-electron chi connectivity index (χ1n) is 9.27. The molecule has 3 aromatic rings. The fourth-order valence-electron chi connectivity index (χ4n) is 3.70. The van der Waals surface area contributed by atoms with Crippen LogP contribution in [0.1, 0.15) is 42.7 Å². The zero-order chi connectivity index (χ0) is 19.8. The zero-order valence-corrected chi connectivity index (χ0v) is 17.6. The third kappa shape index (κ3) is 3.45. The van der Waals surface area contributed by atoms with Gasteiger partial charge in [-0.05, 0) is 55.9 Å². The number of hydrogen-bond acceptors (Lipinski definition) is 4. The van der Waals surface area contributed by atoms with Gasteiger partial charge >= 0.3 is 0 Å². The maximum Gasteiger partial charge on any atom is 0.263 e. The average molecular weight is 436 g/mol. The molecule has 0 fully saturated rings. The normalized spacial score (nSPS) is 14.7. The lowest BCUT2D eigenvalue weighted by molar-refractivity contribution is -0.119. The lowest BCUT2D eigenvalue weighted by atomic mass is 9.97. The van der Waals surface area contributed by atoms with Crippen LogP contribution in [0.25, 0.3) is 10.2 Å². The predicted octanol–water partition coefficient (Wildman–Crippen LogP) is 5.23. The molecular weight excluding hydrogens is 417 g/mol. The number of hydrogen-bond donors (Lipinski definition) is 1. The number of carbonyl (C=O) groups excluding carboxylic acids is 1. The van der Waals surface area contributed by atoms with E-state index in [2.05, 4.69) is 10.3 Å². The zero-order valence-electron chi connectivity index (χ0n) is 15.3. The van der Waals surface area contributed by atoms with Gasteiger partial charge in [-0.3, -0.25) is 14.2 Å². The number of thiophene rings is 1. The second kappa shape index (κ2) is 7.85. The summed E-state index contributed by atoms with van der Waals surface area (Å²) in [5.74, 6) is -0.306. The van der Waals surface area contributed by atoms with Crippen molar-refractivity contribution in [2.75, 3.05) is 5.32 Å². The number of aromatic nitrogens is 2. The number of aryl methyl sites for hydroxylation is 2. The van der Waals surface area contributed by atoms with E-state index in [4.69, 9.17) is 23.2 Å². The predicted molar refractivity (Wildman–Crippen MR) is 115 cm³/mol. The van der Waals surface area contributed by atoms with E-state index in [0.29, 0.717) is 27.5 Å². The highest BCUT2D eigenvalue weighted by Gasteiger charge is 2.25. The largest absolute Gasteiger partial charge is 0.323 e. The van der Waals surface area contributed by atoms with Crippen LogP contribution in [-0.2, 0) is 17.6 Å². The van der Waals surface area contributed by atoms with Crippen molar-refractivity contribution in [3.63, 3.8) is 0 Å². The van der Waals surface area contributed by atoms with Crippen molar-refractivity contribution in [3.8, 4) is 0 Å². The number of halogens is 2. The van der Waals surface area contributed by atoms with Crippen molar-refractivity contribution in [1.29, 1.82) is 0 Å². The Labute approximate surface area is 176 Å². The standard InChI is InChI=1S/C20H19Cl2N3O2S/c1-2-15(18(26)24-14-8-7-11(21)9-13(14)22)25-10-23-19-17(20(25)27)12-5-3-4-6-16(12)28-19/h7-10,15H,2-6H2,1H3,(H,24,26). The Morgan fingerprint density at radius 2 is 2.11 bits per heavy atom. The third-order valence-corrected chi connectivity index (χ3v) is 6.86. The van der Waals surface area contributed by atoms with Gasteiger partial charge in [0, 0.05) is 9.90 Å². The Hall–Kier alpha value is -1.89. The summed E-state index contributed by atoms with van der Waals surface area (Å²) in [7, 11) is 0. The first-order valence-corrected chi connectivity index (χ1v) is 10.8. The summed E-state index contributed by atoms with van der Waals surface area (Å²) in [6.07, 6.45) is 6.08. The Balaban J connectivity index is 1.71. The van der Waals surface area contributed by atoms with Gasteiger partial charge in [0.2, 0.25) is 5.91 Å². The summed E-state index contributed by atoms with van der Waals surface area (Å²) in [5.41, 5.74) is 1.44.